The number of carbonyl (C=O) groups is 1. The smallest absolute Gasteiger partial charge is 0.158 e. The quantitative estimate of drug-likeness (QED) is 0.389. The van der Waals surface area contributed by atoms with Crippen LogP contribution in [-0.4, -0.2) is 65.3 Å². The largest absolute Gasteiger partial charge is 0.494 e. The average Bonchev–Trinajstić information content (AvgIpc) is 3.44. The van der Waals surface area contributed by atoms with E-state index in [9.17, 15) is 4.79 Å². The standard InChI is InChI=1S/C26H32N6O3/c1-4-31-20(13-17-7-5-9-28-25(17)31)26-29-22-23(30-10-6-8-19(27)15-30)18(16-33)14-21(35-3)24(22)32(26)11-12-34-2/h5,7,9,13-14,16,19H,4,6,8,10-12,15,27H2,1-3H3/t19-/m1/s1. The van der Waals surface area contributed by atoms with E-state index in [-0.39, 0.29) is 6.04 Å². The molecule has 1 atom stereocenters. The number of imidazole rings is 1. The number of carbonyl (C=O) groups excluding carboxylic acids is 1. The number of aromatic nitrogens is 4. The lowest BCUT2D eigenvalue weighted by molar-refractivity contribution is 0.112. The van der Waals surface area contributed by atoms with E-state index < -0.39 is 0 Å². The number of aldehydes is 1. The topological polar surface area (TPSA) is 100 Å². The van der Waals surface area contributed by atoms with Gasteiger partial charge in [-0.3, -0.25) is 4.79 Å². The zero-order valence-corrected chi connectivity index (χ0v) is 20.5. The monoisotopic (exact) mass is 476 g/mol. The van der Waals surface area contributed by atoms with Crippen LogP contribution in [0.1, 0.15) is 30.1 Å². The number of pyridine rings is 1. The Hall–Kier alpha value is -3.43. The zero-order valence-electron chi connectivity index (χ0n) is 20.5. The average molecular weight is 477 g/mol. The summed E-state index contributed by atoms with van der Waals surface area (Å²) in [7, 11) is 3.31. The Morgan fingerprint density at radius 1 is 1.26 bits per heavy atom. The van der Waals surface area contributed by atoms with E-state index in [0.29, 0.717) is 31.0 Å². The summed E-state index contributed by atoms with van der Waals surface area (Å²) in [5, 5.41) is 1.05. The van der Waals surface area contributed by atoms with E-state index in [0.717, 1.165) is 71.5 Å². The highest BCUT2D eigenvalue weighted by Crippen LogP contribution is 2.40. The highest BCUT2D eigenvalue weighted by molar-refractivity contribution is 6.04. The number of methoxy groups -OCH3 is 2. The van der Waals surface area contributed by atoms with Gasteiger partial charge in [0.15, 0.2) is 12.1 Å². The molecule has 9 nitrogen and oxygen atoms in total. The van der Waals surface area contributed by atoms with Gasteiger partial charge in [0.2, 0.25) is 0 Å². The van der Waals surface area contributed by atoms with Crippen LogP contribution < -0.4 is 15.4 Å². The van der Waals surface area contributed by atoms with E-state index in [1.165, 1.54) is 0 Å². The molecule has 0 amide bonds. The van der Waals surface area contributed by atoms with Crippen LogP contribution >= 0.6 is 0 Å². The number of aryl methyl sites for hydroxylation is 1. The fraction of sp³-hybridized carbons (Fsp3) is 0.423. The molecular formula is C26H32N6O3. The Morgan fingerprint density at radius 3 is 2.83 bits per heavy atom. The number of fused-ring (bicyclic) bond motifs is 2. The van der Waals surface area contributed by atoms with Gasteiger partial charge in [0.1, 0.15) is 22.4 Å². The summed E-state index contributed by atoms with van der Waals surface area (Å²) >= 11 is 0. The second-order valence-corrected chi connectivity index (χ2v) is 8.95. The van der Waals surface area contributed by atoms with Crippen LogP contribution in [0.2, 0.25) is 0 Å². The summed E-state index contributed by atoms with van der Waals surface area (Å²) in [6.07, 6.45) is 4.64. The SMILES string of the molecule is CCn1c(-c2nc3c(N4CCC[C@@H](N)C4)c(C=O)cc(OC)c3n2CCOC)cc2cccnc21. The molecule has 5 rings (SSSR count). The van der Waals surface area contributed by atoms with Gasteiger partial charge < -0.3 is 29.2 Å². The normalized spacial score (nSPS) is 16.3. The molecule has 4 aromatic rings. The van der Waals surface area contributed by atoms with Crippen molar-refractivity contribution in [1.29, 1.82) is 0 Å². The molecule has 1 aliphatic rings. The molecule has 0 saturated carbocycles. The van der Waals surface area contributed by atoms with E-state index in [1.807, 2.05) is 18.3 Å². The second kappa shape index (κ2) is 9.67. The van der Waals surface area contributed by atoms with Crippen molar-refractivity contribution in [2.45, 2.75) is 38.9 Å². The molecule has 0 aliphatic carbocycles. The zero-order chi connectivity index (χ0) is 24.5. The number of benzene rings is 1. The Bertz CT molecular complexity index is 1370. The van der Waals surface area contributed by atoms with Gasteiger partial charge in [0.25, 0.3) is 0 Å². The predicted molar refractivity (Wildman–Crippen MR) is 137 cm³/mol. The highest BCUT2D eigenvalue weighted by atomic mass is 16.5. The number of hydrogen-bond donors (Lipinski definition) is 1. The Morgan fingerprint density at radius 2 is 2.11 bits per heavy atom. The van der Waals surface area contributed by atoms with Crippen molar-refractivity contribution in [3.63, 3.8) is 0 Å². The fourth-order valence-corrected chi connectivity index (χ4v) is 5.26. The van der Waals surface area contributed by atoms with E-state index >= 15 is 0 Å². The van der Waals surface area contributed by atoms with Gasteiger partial charge in [-0.25, -0.2) is 9.97 Å². The van der Waals surface area contributed by atoms with Gasteiger partial charge >= 0.3 is 0 Å². The van der Waals surface area contributed by atoms with Crippen molar-refractivity contribution in [3.8, 4) is 17.3 Å². The number of ether oxygens (including phenoxy) is 2. The molecule has 2 N–H and O–H groups in total. The van der Waals surface area contributed by atoms with Gasteiger partial charge in [-0.15, -0.1) is 0 Å². The van der Waals surface area contributed by atoms with Crippen LogP contribution in [0.4, 0.5) is 5.69 Å². The molecule has 1 aromatic carbocycles. The maximum Gasteiger partial charge on any atom is 0.158 e. The molecule has 35 heavy (non-hydrogen) atoms. The summed E-state index contributed by atoms with van der Waals surface area (Å²) in [5.74, 6) is 1.40. The highest BCUT2D eigenvalue weighted by Gasteiger charge is 2.28. The van der Waals surface area contributed by atoms with Gasteiger partial charge in [-0.2, -0.15) is 0 Å². The van der Waals surface area contributed by atoms with Crippen molar-refractivity contribution in [2.24, 2.45) is 5.73 Å². The van der Waals surface area contributed by atoms with E-state index in [4.69, 9.17) is 20.2 Å². The van der Waals surface area contributed by atoms with Crippen molar-refractivity contribution in [3.05, 3.63) is 36.0 Å². The summed E-state index contributed by atoms with van der Waals surface area (Å²) in [6.45, 7) is 5.44. The van der Waals surface area contributed by atoms with Gasteiger partial charge in [0.05, 0.1) is 25.1 Å². The molecule has 3 aromatic heterocycles. The molecule has 0 spiro atoms. The summed E-state index contributed by atoms with van der Waals surface area (Å²) in [6, 6.07) is 8.00. The molecule has 1 fully saturated rings. The van der Waals surface area contributed by atoms with Crippen LogP contribution in [-0.2, 0) is 17.8 Å². The van der Waals surface area contributed by atoms with Crippen LogP contribution in [0.15, 0.2) is 30.5 Å². The van der Waals surface area contributed by atoms with E-state index in [1.54, 1.807) is 14.2 Å². The fourth-order valence-electron chi connectivity index (χ4n) is 5.26. The molecule has 0 bridgehead atoms. The number of nitrogens with zero attached hydrogens (tertiary/aromatic N) is 5. The lowest BCUT2D eigenvalue weighted by Crippen LogP contribution is -2.43. The maximum atomic E-state index is 12.2. The summed E-state index contributed by atoms with van der Waals surface area (Å²) < 4.78 is 15.6. The molecule has 1 aliphatic heterocycles. The Balaban J connectivity index is 1.84. The van der Waals surface area contributed by atoms with Crippen LogP contribution in [0.3, 0.4) is 0 Å². The van der Waals surface area contributed by atoms with Gasteiger partial charge in [-0.05, 0) is 44.0 Å². The predicted octanol–water partition coefficient (Wildman–Crippen LogP) is 3.47. The van der Waals surface area contributed by atoms with Crippen molar-refractivity contribution in [2.75, 3.05) is 38.8 Å². The first-order valence-electron chi connectivity index (χ1n) is 12.1. The van der Waals surface area contributed by atoms with Crippen LogP contribution in [0, 0.1) is 0 Å². The minimum absolute atomic E-state index is 0.0594. The molecule has 1 saturated heterocycles. The first-order valence-corrected chi connectivity index (χ1v) is 12.1. The van der Waals surface area contributed by atoms with Crippen LogP contribution in [0.5, 0.6) is 5.75 Å². The summed E-state index contributed by atoms with van der Waals surface area (Å²) in [5.41, 5.74) is 11.2. The number of hydrogen-bond acceptors (Lipinski definition) is 7. The Kier molecular flexibility index (Phi) is 6.44. The van der Waals surface area contributed by atoms with E-state index in [2.05, 4.69) is 38.1 Å². The van der Waals surface area contributed by atoms with Crippen molar-refractivity contribution >= 4 is 34.0 Å². The van der Waals surface area contributed by atoms with Crippen molar-refractivity contribution < 1.29 is 14.3 Å². The maximum absolute atomic E-state index is 12.2. The lowest BCUT2D eigenvalue weighted by Gasteiger charge is -2.33. The minimum atomic E-state index is 0.0594. The third-order valence-corrected chi connectivity index (χ3v) is 6.83. The van der Waals surface area contributed by atoms with Crippen LogP contribution in [0.25, 0.3) is 33.6 Å². The number of piperidine rings is 1. The van der Waals surface area contributed by atoms with Crippen molar-refractivity contribution in [1.82, 2.24) is 19.1 Å². The number of rotatable bonds is 8. The third kappa shape index (κ3) is 3.94. The first kappa shape index (κ1) is 23.3. The lowest BCUT2D eigenvalue weighted by atomic mass is 10.0. The molecule has 4 heterocycles. The minimum Gasteiger partial charge on any atom is -0.494 e. The molecule has 0 radical (unpaired) electrons. The Labute approximate surface area is 204 Å². The molecule has 0 unspecified atom stereocenters. The third-order valence-electron chi connectivity index (χ3n) is 6.83. The number of nitrogens with two attached hydrogens (primary N) is 1. The first-order chi connectivity index (χ1) is 17.1. The van der Waals surface area contributed by atoms with Gasteiger partial charge in [-0.1, -0.05) is 0 Å². The number of anilines is 1. The molecule has 184 valence electrons. The molecule has 9 heteroatoms. The summed E-state index contributed by atoms with van der Waals surface area (Å²) in [4.78, 5) is 24.2. The molecular weight excluding hydrogens is 444 g/mol. The van der Waals surface area contributed by atoms with Gasteiger partial charge in [0, 0.05) is 56.5 Å². The second-order valence-electron chi connectivity index (χ2n) is 8.95.